The van der Waals surface area contributed by atoms with Crippen LogP contribution < -0.4 is 5.19 Å². The number of furan rings is 1. The number of rotatable bonds is 7. The van der Waals surface area contributed by atoms with Crippen LogP contribution in [0.3, 0.4) is 0 Å². The maximum atomic E-state index is 6.50. The predicted molar refractivity (Wildman–Crippen MR) is 247 cm³/mol. The molecule has 0 atom stereocenters. The van der Waals surface area contributed by atoms with Crippen LogP contribution in [-0.4, -0.2) is 32.6 Å². The number of fused-ring (bicyclic) bond motifs is 4. The molecule has 8 heteroatoms. The number of pyridine rings is 3. The fraction of sp³-hybridized carbons (Fsp3) is 0.231. The Morgan fingerprint density at radius 2 is 1.50 bits per heavy atom. The standard InChI is InChI=1S/C36H31N4O.C16H20NSi.Ir/c1-22(2)29-20-37-21-30-32(29)40(25-16-14-24(15-17-25)23-10-7-6-8-11-23)34(38-30)28-13-9-12-26-27-18-19-31(36(3,4)5)39-35(27)41-33(26)28;1-5-13-11-15(14-9-7-6-8-10-14)17-12-16(13)18(2,3)4;/h6-12,14-22H,1-5H3;6-9,11-12H,5H2,1-4H3;/q2*-1;. The Hall–Kier alpha value is -5.53. The van der Waals surface area contributed by atoms with Crippen molar-refractivity contribution < 1.29 is 24.5 Å². The van der Waals surface area contributed by atoms with Crippen LogP contribution >= 0.6 is 0 Å². The summed E-state index contributed by atoms with van der Waals surface area (Å²) in [6, 6.07) is 44.3. The summed E-state index contributed by atoms with van der Waals surface area (Å²) in [7, 11) is -1.30. The molecule has 0 saturated carbocycles. The van der Waals surface area contributed by atoms with Gasteiger partial charge in [-0.25, -0.2) is 4.98 Å². The van der Waals surface area contributed by atoms with Crippen LogP contribution in [0.2, 0.25) is 19.6 Å². The van der Waals surface area contributed by atoms with Gasteiger partial charge in [-0.15, -0.1) is 54.1 Å². The van der Waals surface area contributed by atoms with Crippen molar-refractivity contribution in [2.45, 2.75) is 78.9 Å². The molecule has 0 N–H and O–H groups in total. The Kier molecular flexibility index (Phi) is 12.2. The SMILES string of the molecule is CC(C)c1cncc2nc(-c3[c-]ccc4c3oc3nc(C(C)(C)C)ccc34)n(-c3ccc(-c4ccccc4)cc3)c12.CCc1cc(-c2[c-]cccc2)ncc1[Si](C)(C)C.[Ir]. The molecule has 0 unspecified atom stereocenters. The molecule has 0 fully saturated rings. The fourth-order valence-corrected chi connectivity index (χ4v) is 9.36. The third-order valence-corrected chi connectivity index (χ3v) is 13.0. The van der Waals surface area contributed by atoms with E-state index in [2.05, 4.69) is 167 Å². The number of aromatic nitrogens is 5. The van der Waals surface area contributed by atoms with Gasteiger partial charge in [-0.2, -0.15) is 0 Å². The number of nitrogens with zero attached hydrogens (tertiary/aromatic N) is 5. The van der Waals surface area contributed by atoms with E-state index in [-0.39, 0.29) is 31.4 Å². The van der Waals surface area contributed by atoms with Crippen molar-refractivity contribution in [3.05, 3.63) is 157 Å². The molecule has 0 saturated heterocycles. The Labute approximate surface area is 368 Å². The summed E-state index contributed by atoms with van der Waals surface area (Å²) in [5.41, 5.74) is 13.0. The van der Waals surface area contributed by atoms with Gasteiger partial charge in [0, 0.05) is 54.7 Å². The third-order valence-electron chi connectivity index (χ3n) is 10.9. The van der Waals surface area contributed by atoms with Crippen LogP contribution in [0.1, 0.15) is 64.3 Å². The van der Waals surface area contributed by atoms with Crippen molar-refractivity contribution in [1.29, 1.82) is 0 Å². The molecule has 0 aliphatic rings. The maximum absolute atomic E-state index is 6.50. The zero-order valence-corrected chi connectivity index (χ0v) is 39.3. The van der Waals surface area contributed by atoms with Crippen molar-refractivity contribution in [2.75, 3.05) is 0 Å². The molecule has 1 radical (unpaired) electrons. The molecule has 0 aliphatic heterocycles. The van der Waals surface area contributed by atoms with Crippen LogP contribution in [0.25, 0.3) is 72.6 Å². The van der Waals surface area contributed by atoms with E-state index in [4.69, 9.17) is 14.4 Å². The molecule has 305 valence electrons. The van der Waals surface area contributed by atoms with Gasteiger partial charge in [0.15, 0.2) is 0 Å². The molecule has 0 bridgehead atoms. The number of hydrogen-bond acceptors (Lipinski definition) is 5. The Morgan fingerprint density at radius 1 is 0.767 bits per heavy atom. The maximum Gasteiger partial charge on any atom is 0.216 e. The first kappa shape index (κ1) is 42.6. The molecule has 9 rings (SSSR count). The topological polar surface area (TPSA) is 69.6 Å². The number of imidazole rings is 1. The molecule has 0 aliphatic carbocycles. The summed E-state index contributed by atoms with van der Waals surface area (Å²) >= 11 is 0. The van der Waals surface area contributed by atoms with Crippen molar-refractivity contribution in [3.63, 3.8) is 0 Å². The fourth-order valence-electron chi connectivity index (χ4n) is 7.70. The predicted octanol–water partition coefficient (Wildman–Crippen LogP) is 12.9. The Morgan fingerprint density at radius 3 is 2.17 bits per heavy atom. The van der Waals surface area contributed by atoms with E-state index in [1.54, 1.807) is 0 Å². The monoisotopic (exact) mass is 982 g/mol. The van der Waals surface area contributed by atoms with E-state index >= 15 is 0 Å². The molecule has 5 heterocycles. The first-order valence-electron chi connectivity index (χ1n) is 20.5. The summed E-state index contributed by atoms with van der Waals surface area (Å²) in [6.45, 7) is 20.2. The largest absolute Gasteiger partial charge is 0.486 e. The summed E-state index contributed by atoms with van der Waals surface area (Å²) < 4.78 is 8.73. The van der Waals surface area contributed by atoms with Crippen LogP contribution in [0.4, 0.5) is 0 Å². The summed E-state index contributed by atoms with van der Waals surface area (Å²) in [5.74, 6) is 1.03. The molecular weight excluding hydrogens is 931 g/mol. The van der Waals surface area contributed by atoms with Crippen LogP contribution in [0, 0.1) is 12.1 Å². The second-order valence-corrected chi connectivity index (χ2v) is 22.6. The quantitative estimate of drug-likeness (QED) is 0.118. The average molecular weight is 982 g/mol. The number of benzene rings is 4. The number of hydrogen-bond donors (Lipinski definition) is 0. The van der Waals surface area contributed by atoms with Crippen LogP contribution in [-0.2, 0) is 31.9 Å². The van der Waals surface area contributed by atoms with E-state index in [9.17, 15) is 0 Å². The second-order valence-electron chi connectivity index (χ2n) is 17.5. The van der Waals surface area contributed by atoms with Crippen molar-refractivity contribution >= 4 is 46.4 Å². The van der Waals surface area contributed by atoms with Gasteiger partial charge < -0.3 is 14.0 Å². The van der Waals surface area contributed by atoms with Gasteiger partial charge in [-0.3, -0.25) is 9.97 Å². The number of aryl methyl sites for hydroxylation is 1. The van der Waals surface area contributed by atoms with Gasteiger partial charge in [0.2, 0.25) is 5.71 Å². The van der Waals surface area contributed by atoms with Gasteiger partial charge in [0.1, 0.15) is 0 Å². The molecule has 4 aromatic carbocycles. The zero-order valence-electron chi connectivity index (χ0n) is 35.9. The second kappa shape index (κ2) is 17.2. The Bertz CT molecular complexity index is 2910. The van der Waals surface area contributed by atoms with Gasteiger partial charge in [-0.05, 0) is 64.2 Å². The van der Waals surface area contributed by atoms with Gasteiger partial charge in [0.25, 0.3) is 0 Å². The van der Waals surface area contributed by atoms with Crippen LogP contribution in [0.5, 0.6) is 0 Å². The van der Waals surface area contributed by atoms with Crippen LogP contribution in [0.15, 0.2) is 132 Å². The molecular formula is C52H51IrN5OSi-2. The molecule has 9 aromatic rings. The third kappa shape index (κ3) is 8.42. The van der Waals surface area contributed by atoms with Crippen molar-refractivity contribution in [2.24, 2.45) is 0 Å². The van der Waals surface area contributed by atoms with Crippen molar-refractivity contribution in [3.8, 4) is 39.5 Å². The Balaban J connectivity index is 0.000000241. The molecule has 0 spiro atoms. The zero-order chi connectivity index (χ0) is 41.5. The molecule has 5 aromatic heterocycles. The normalized spacial score (nSPS) is 11.8. The van der Waals surface area contributed by atoms with E-state index in [0.717, 1.165) is 79.0 Å². The summed E-state index contributed by atoms with van der Waals surface area (Å²) in [4.78, 5) is 19.2. The van der Waals surface area contributed by atoms with E-state index in [1.807, 2.05) is 48.8 Å². The first-order valence-corrected chi connectivity index (χ1v) is 24.0. The average Bonchev–Trinajstić information content (AvgIpc) is 3.82. The van der Waals surface area contributed by atoms with Crippen molar-refractivity contribution in [1.82, 2.24) is 24.5 Å². The first-order chi connectivity index (χ1) is 28.3. The summed E-state index contributed by atoms with van der Waals surface area (Å²) in [5, 5.41) is 3.47. The van der Waals surface area contributed by atoms with E-state index in [1.165, 1.54) is 16.3 Å². The minimum absolute atomic E-state index is 0. The van der Waals surface area contributed by atoms with E-state index < -0.39 is 8.07 Å². The van der Waals surface area contributed by atoms with Gasteiger partial charge in [-0.1, -0.05) is 126 Å². The smallest absolute Gasteiger partial charge is 0.216 e. The van der Waals surface area contributed by atoms with Gasteiger partial charge >= 0.3 is 0 Å². The molecule has 0 amide bonds. The minimum atomic E-state index is -1.30. The van der Waals surface area contributed by atoms with E-state index in [0.29, 0.717) is 5.71 Å². The molecule has 6 nitrogen and oxygen atoms in total. The minimum Gasteiger partial charge on any atom is -0.486 e. The molecule has 60 heavy (non-hydrogen) atoms. The van der Waals surface area contributed by atoms with Gasteiger partial charge in [0.05, 0.1) is 36.7 Å². The summed E-state index contributed by atoms with van der Waals surface area (Å²) in [6.07, 6.45) is 6.95.